The Balaban J connectivity index is 1.65. The molecule has 0 saturated carbocycles. The molecule has 0 spiro atoms. The van der Waals surface area contributed by atoms with Crippen molar-refractivity contribution < 1.29 is 19.1 Å². The molecule has 0 aliphatic heterocycles. The maximum absolute atomic E-state index is 12.2. The fourth-order valence-corrected chi connectivity index (χ4v) is 2.75. The molecule has 0 bridgehead atoms. The van der Waals surface area contributed by atoms with E-state index in [1.807, 2.05) is 48.9 Å². The SMILES string of the molecule is COC(=O)c1cccc(C(=O)OCc2ccc(-n3nc(C)cc3C)cc2)c1. The highest BCUT2D eigenvalue weighted by molar-refractivity contribution is 5.95. The van der Waals surface area contributed by atoms with Crippen molar-refractivity contribution in [1.82, 2.24) is 9.78 Å². The number of carbonyl (C=O) groups excluding carboxylic acids is 2. The second-order valence-electron chi connectivity index (χ2n) is 6.15. The molecule has 0 N–H and O–H groups in total. The van der Waals surface area contributed by atoms with Crippen LogP contribution in [-0.2, 0) is 16.1 Å². The molecule has 0 radical (unpaired) electrons. The van der Waals surface area contributed by atoms with E-state index in [1.165, 1.54) is 13.2 Å². The van der Waals surface area contributed by atoms with Crippen molar-refractivity contribution in [2.75, 3.05) is 7.11 Å². The van der Waals surface area contributed by atoms with E-state index in [-0.39, 0.29) is 6.61 Å². The molecule has 2 aromatic carbocycles. The number of methoxy groups -OCH3 is 1. The van der Waals surface area contributed by atoms with E-state index >= 15 is 0 Å². The molecule has 138 valence electrons. The van der Waals surface area contributed by atoms with Gasteiger partial charge < -0.3 is 9.47 Å². The number of hydrogen-bond acceptors (Lipinski definition) is 5. The van der Waals surface area contributed by atoms with Gasteiger partial charge in [0.2, 0.25) is 0 Å². The Bertz CT molecular complexity index is 974. The summed E-state index contributed by atoms with van der Waals surface area (Å²) in [7, 11) is 1.29. The van der Waals surface area contributed by atoms with E-state index in [4.69, 9.17) is 4.74 Å². The molecule has 0 atom stereocenters. The standard InChI is InChI=1S/C21H20N2O4/c1-14-11-15(2)23(22-14)19-9-7-16(8-10-19)13-27-21(25)18-6-4-5-17(12-18)20(24)26-3/h4-12H,13H2,1-3H3. The first-order valence-corrected chi connectivity index (χ1v) is 8.46. The Morgan fingerprint density at radius 3 is 2.22 bits per heavy atom. The fraction of sp³-hybridized carbons (Fsp3) is 0.190. The second kappa shape index (κ2) is 7.86. The van der Waals surface area contributed by atoms with E-state index in [9.17, 15) is 9.59 Å². The number of nitrogens with zero attached hydrogens (tertiary/aromatic N) is 2. The molecule has 3 rings (SSSR count). The summed E-state index contributed by atoms with van der Waals surface area (Å²) in [5, 5.41) is 4.45. The number of aromatic nitrogens is 2. The molecule has 3 aromatic rings. The van der Waals surface area contributed by atoms with Gasteiger partial charge in [-0.1, -0.05) is 18.2 Å². The summed E-state index contributed by atoms with van der Waals surface area (Å²) in [5.74, 6) is -0.993. The summed E-state index contributed by atoms with van der Waals surface area (Å²) >= 11 is 0. The lowest BCUT2D eigenvalue weighted by molar-refractivity contribution is 0.0472. The molecule has 6 heteroatoms. The Morgan fingerprint density at radius 2 is 1.63 bits per heavy atom. The zero-order chi connectivity index (χ0) is 19.4. The minimum Gasteiger partial charge on any atom is -0.465 e. The van der Waals surface area contributed by atoms with Gasteiger partial charge in [0.05, 0.1) is 29.6 Å². The first kappa shape index (κ1) is 18.4. The van der Waals surface area contributed by atoms with Gasteiger partial charge in [-0.15, -0.1) is 0 Å². The van der Waals surface area contributed by atoms with Crippen LogP contribution in [0, 0.1) is 13.8 Å². The van der Waals surface area contributed by atoms with Crippen molar-refractivity contribution in [2.24, 2.45) is 0 Å². The van der Waals surface area contributed by atoms with Crippen LogP contribution in [0.4, 0.5) is 0 Å². The maximum atomic E-state index is 12.2. The highest BCUT2D eigenvalue weighted by Gasteiger charge is 2.12. The molecule has 0 fully saturated rings. The summed E-state index contributed by atoms with van der Waals surface area (Å²) in [5.41, 5.74) is 4.43. The molecule has 0 saturated heterocycles. The van der Waals surface area contributed by atoms with Gasteiger partial charge in [0.1, 0.15) is 6.61 Å². The van der Waals surface area contributed by atoms with Gasteiger partial charge in [0.25, 0.3) is 0 Å². The van der Waals surface area contributed by atoms with Gasteiger partial charge in [-0.25, -0.2) is 14.3 Å². The highest BCUT2D eigenvalue weighted by Crippen LogP contribution is 2.14. The van der Waals surface area contributed by atoms with Gasteiger partial charge in [-0.05, 0) is 55.8 Å². The van der Waals surface area contributed by atoms with Crippen LogP contribution in [0.5, 0.6) is 0 Å². The molecule has 27 heavy (non-hydrogen) atoms. The smallest absolute Gasteiger partial charge is 0.338 e. The van der Waals surface area contributed by atoms with Crippen LogP contribution < -0.4 is 0 Å². The summed E-state index contributed by atoms with van der Waals surface area (Å²) in [6.45, 7) is 4.09. The molecule has 0 amide bonds. The topological polar surface area (TPSA) is 70.4 Å². The van der Waals surface area contributed by atoms with Gasteiger partial charge in [-0.3, -0.25) is 0 Å². The molecule has 1 aromatic heterocycles. The van der Waals surface area contributed by atoms with Crippen LogP contribution in [0.15, 0.2) is 54.6 Å². The summed E-state index contributed by atoms with van der Waals surface area (Å²) in [4.78, 5) is 23.8. The van der Waals surface area contributed by atoms with Gasteiger partial charge >= 0.3 is 11.9 Å². The first-order valence-electron chi connectivity index (χ1n) is 8.46. The Morgan fingerprint density at radius 1 is 0.963 bits per heavy atom. The van der Waals surface area contributed by atoms with Crippen LogP contribution in [0.3, 0.4) is 0 Å². The average molecular weight is 364 g/mol. The van der Waals surface area contributed by atoms with Crippen LogP contribution in [0.2, 0.25) is 0 Å². The minimum absolute atomic E-state index is 0.138. The molecule has 0 unspecified atom stereocenters. The third kappa shape index (κ3) is 4.23. The van der Waals surface area contributed by atoms with Crippen molar-refractivity contribution in [3.8, 4) is 5.69 Å². The quantitative estimate of drug-likeness (QED) is 0.647. The zero-order valence-electron chi connectivity index (χ0n) is 15.4. The maximum Gasteiger partial charge on any atom is 0.338 e. The number of hydrogen-bond donors (Lipinski definition) is 0. The third-order valence-corrected chi connectivity index (χ3v) is 4.08. The van der Waals surface area contributed by atoms with Gasteiger partial charge in [0, 0.05) is 5.69 Å². The summed E-state index contributed by atoms with van der Waals surface area (Å²) in [6.07, 6.45) is 0. The lowest BCUT2D eigenvalue weighted by atomic mass is 10.1. The fourth-order valence-electron chi connectivity index (χ4n) is 2.75. The predicted molar refractivity (Wildman–Crippen MR) is 99.9 cm³/mol. The minimum atomic E-state index is -0.497. The van der Waals surface area contributed by atoms with Crippen molar-refractivity contribution >= 4 is 11.9 Å². The number of esters is 2. The lowest BCUT2D eigenvalue weighted by Crippen LogP contribution is -2.08. The Hall–Kier alpha value is -3.41. The normalized spacial score (nSPS) is 10.5. The lowest BCUT2D eigenvalue weighted by Gasteiger charge is -2.08. The second-order valence-corrected chi connectivity index (χ2v) is 6.15. The van der Waals surface area contributed by atoms with Gasteiger partial charge in [0.15, 0.2) is 0 Å². The highest BCUT2D eigenvalue weighted by atomic mass is 16.5. The Labute approximate surface area is 157 Å². The largest absolute Gasteiger partial charge is 0.465 e. The Kier molecular flexibility index (Phi) is 5.35. The van der Waals surface area contributed by atoms with Crippen LogP contribution in [-0.4, -0.2) is 28.8 Å². The van der Waals surface area contributed by atoms with Crippen LogP contribution in [0.25, 0.3) is 5.69 Å². The van der Waals surface area contributed by atoms with Crippen molar-refractivity contribution in [3.63, 3.8) is 0 Å². The molecule has 1 heterocycles. The molecular weight excluding hydrogens is 344 g/mol. The molecule has 0 aliphatic rings. The van der Waals surface area contributed by atoms with Crippen molar-refractivity contribution in [3.05, 3.63) is 82.7 Å². The van der Waals surface area contributed by atoms with E-state index in [2.05, 4.69) is 9.84 Å². The first-order chi connectivity index (χ1) is 13.0. The number of aryl methyl sites for hydroxylation is 2. The number of carbonyl (C=O) groups is 2. The zero-order valence-corrected chi connectivity index (χ0v) is 15.4. The van der Waals surface area contributed by atoms with E-state index in [0.717, 1.165) is 22.6 Å². The monoisotopic (exact) mass is 364 g/mol. The average Bonchev–Trinajstić information content (AvgIpc) is 3.04. The van der Waals surface area contributed by atoms with E-state index in [0.29, 0.717) is 11.1 Å². The molecule has 0 aliphatic carbocycles. The number of rotatable bonds is 5. The summed E-state index contributed by atoms with van der Waals surface area (Å²) < 4.78 is 11.9. The van der Waals surface area contributed by atoms with Crippen LogP contribution in [0.1, 0.15) is 37.7 Å². The van der Waals surface area contributed by atoms with Crippen molar-refractivity contribution in [2.45, 2.75) is 20.5 Å². The molecular formula is C21H20N2O4. The third-order valence-electron chi connectivity index (χ3n) is 4.08. The molecule has 6 nitrogen and oxygen atoms in total. The summed E-state index contributed by atoms with van der Waals surface area (Å²) in [6, 6.07) is 15.9. The van der Waals surface area contributed by atoms with Crippen LogP contribution >= 0.6 is 0 Å². The predicted octanol–water partition coefficient (Wildman–Crippen LogP) is 3.63. The van der Waals surface area contributed by atoms with E-state index < -0.39 is 11.9 Å². The van der Waals surface area contributed by atoms with Gasteiger partial charge in [-0.2, -0.15) is 5.10 Å². The number of benzene rings is 2. The van der Waals surface area contributed by atoms with E-state index in [1.54, 1.807) is 18.2 Å². The van der Waals surface area contributed by atoms with Crippen molar-refractivity contribution in [1.29, 1.82) is 0 Å². The number of ether oxygens (including phenoxy) is 2.